The van der Waals surface area contributed by atoms with E-state index in [0.717, 1.165) is 62.4 Å². The molecule has 3 aromatic heterocycles. The third-order valence-corrected chi connectivity index (χ3v) is 24.3. The Labute approximate surface area is 304 Å². The van der Waals surface area contributed by atoms with E-state index in [4.69, 9.17) is 9.97 Å². The zero-order chi connectivity index (χ0) is 36.8. The summed E-state index contributed by atoms with van der Waals surface area (Å²) in [6.07, 6.45) is 5.04. The summed E-state index contributed by atoms with van der Waals surface area (Å²) >= 11 is 0. The molecule has 5 rings (SSSR count). The maximum Gasteiger partial charge on any atom is 0.146 e. The Morgan fingerprint density at radius 1 is 0.560 bits per heavy atom. The molecule has 6 heteroatoms. The molecule has 2 aliphatic heterocycles. The van der Waals surface area contributed by atoms with E-state index in [-0.39, 0.29) is 5.41 Å². The number of hydrogen-bond acceptors (Lipinski definition) is 2. The summed E-state index contributed by atoms with van der Waals surface area (Å²) in [7, 11) is -3.82. The quantitative estimate of drug-likeness (QED) is 0.155. The molecular weight excluding hydrogens is 641 g/mol. The molecule has 0 atom stereocenters. The minimum absolute atomic E-state index is 0.111. The molecule has 0 aliphatic carbocycles. The van der Waals surface area contributed by atoms with Crippen molar-refractivity contribution < 1.29 is 0 Å². The summed E-state index contributed by atoms with van der Waals surface area (Å²) in [4.78, 5) is 17.7. The van der Waals surface area contributed by atoms with Crippen molar-refractivity contribution in [2.24, 2.45) is 0 Å². The Hall–Kier alpha value is -3.59. The van der Waals surface area contributed by atoms with Crippen LogP contribution in [0.2, 0.25) is 33.2 Å². The van der Waals surface area contributed by atoms with Gasteiger partial charge >= 0.3 is 0 Å². The van der Waals surface area contributed by atoms with Crippen LogP contribution in [0.3, 0.4) is 0 Å². The number of hydrogen-bond donors (Lipinski definition) is 2. The van der Waals surface area contributed by atoms with E-state index < -0.39 is 16.1 Å². The third-order valence-electron chi connectivity index (χ3n) is 11.8. The number of nitrogens with zero attached hydrogens (tertiary/aromatic N) is 2. The van der Waals surface area contributed by atoms with Crippen LogP contribution in [0.5, 0.6) is 0 Å². The SMILES string of the molecule is CC(C)[Si](C#Cc1cc2cc3nc(cc4[nH]c(cc5nc(cc1[nH]2)C=C5)cc4C#C[Si](C(C)C)(C(C)C)C(C)C)CC3(C)C)(C(C)C)C(C)C. The molecule has 264 valence electrons. The molecule has 0 amide bonds. The lowest BCUT2D eigenvalue weighted by Gasteiger charge is -2.38. The highest BCUT2D eigenvalue weighted by molar-refractivity contribution is 6.91. The van der Waals surface area contributed by atoms with Gasteiger partial charge in [0.05, 0.1) is 22.4 Å². The van der Waals surface area contributed by atoms with Crippen LogP contribution in [0.25, 0.3) is 34.2 Å². The largest absolute Gasteiger partial charge is 0.354 e. The van der Waals surface area contributed by atoms with Crippen molar-refractivity contribution in [1.82, 2.24) is 19.9 Å². The van der Waals surface area contributed by atoms with Crippen molar-refractivity contribution in [3.8, 4) is 22.9 Å². The second kappa shape index (κ2) is 14.2. The van der Waals surface area contributed by atoms with Crippen molar-refractivity contribution in [1.29, 1.82) is 0 Å². The number of aromatic nitrogens is 4. The first-order valence-electron chi connectivity index (χ1n) is 18.9. The summed E-state index contributed by atoms with van der Waals surface area (Å²) in [6, 6.07) is 13.1. The van der Waals surface area contributed by atoms with Gasteiger partial charge in [0.25, 0.3) is 0 Å². The lowest BCUT2D eigenvalue weighted by Crippen LogP contribution is -2.43. The molecule has 0 radical (unpaired) electrons. The van der Waals surface area contributed by atoms with Gasteiger partial charge in [-0.05, 0) is 81.8 Å². The normalized spacial score (nSPS) is 14.6. The summed E-state index contributed by atoms with van der Waals surface area (Å²) in [5.41, 5.74) is 21.3. The molecule has 2 N–H and O–H groups in total. The highest BCUT2D eigenvalue weighted by Gasteiger charge is 2.42. The van der Waals surface area contributed by atoms with Crippen LogP contribution in [-0.2, 0) is 11.8 Å². The monoisotopic (exact) mass is 700 g/mol. The molecule has 0 fully saturated rings. The topological polar surface area (TPSA) is 57.4 Å². The molecule has 4 nitrogen and oxygen atoms in total. The molecule has 3 aromatic rings. The number of nitrogens with one attached hydrogen (secondary N) is 2. The zero-order valence-electron chi connectivity index (χ0n) is 33.2. The summed E-state index contributed by atoms with van der Waals surface area (Å²) < 4.78 is 0. The molecular formula is C44H60N4Si2. The van der Waals surface area contributed by atoms with Gasteiger partial charge in [-0.2, -0.15) is 0 Å². The van der Waals surface area contributed by atoms with Crippen LogP contribution < -0.4 is 0 Å². The maximum atomic E-state index is 5.25. The van der Waals surface area contributed by atoms with Gasteiger partial charge < -0.3 is 9.97 Å². The highest BCUT2D eigenvalue weighted by Crippen LogP contribution is 2.42. The average Bonchev–Trinajstić information content (AvgIpc) is 3.75. The van der Waals surface area contributed by atoms with Crippen molar-refractivity contribution in [2.45, 2.75) is 142 Å². The summed E-state index contributed by atoms with van der Waals surface area (Å²) in [5, 5.41) is 0. The lowest BCUT2D eigenvalue weighted by molar-refractivity contribution is 0.543. The van der Waals surface area contributed by atoms with Gasteiger partial charge in [-0.15, -0.1) is 11.1 Å². The van der Waals surface area contributed by atoms with E-state index in [2.05, 4.69) is 178 Å². The number of fused-ring (bicyclic) bond motifs is 8. The van der Waals surface area contributed by atoms with Crippen molar-refractivity contribution in [3.05, 3.63) is 70.3 Å². The number of rotatable bonds is 6. The number of aromatic amines is 2. The Morgan fingerprint density at radius 2 is 0.980 bits per heavy atom. The fourth-order valence-electron chi connectivity index (χ4n) is 9.17. The van der Waals surface area contributed by atoms with Crippen LogP contribution >= 0.6 is 0 Å². The van der Waals surface area contributed by atoms with Crippen molar-refractivity contribution in [2.75, 3.05) is 0 Å². The van der Waals surface area contributed by atoms with E-state index >= 15 is 0 Å². The van der Waals surface area contributed by atoms with Gasteiger partial charge in [-0.3, -0.25) is 4.98 Å². The average molecular weight is 701 g/mol. The second-order valence-corrected chi connectivity index (χ2v) is 28.5. The predicted molar refractivity (Wildman–Crippen MR) is 223 cm³/mol. The molecule has 2 aliphatic rings. The molecule has 0 spiro atoms. The van der Waals surface area contributed by atoms with Gasteiger partial charge in [0.1, 0.15) is 16.1 Å². The third kappa shape index (κ3) is 7.12. The molecule has 0 unspecified atom stereocenters. The standard InChI is InChI=1S/C44H60N4Si2/c1-28(2)49(29(3)4,30(5)6)19-17-34-21-38-23-36-15-16-37(45-36)24-41-35(18-20-50(31(7)8,32(9)10)33(11)12)22-39(47-41)26-43-44(13,14)27-40(48-43)25-42(34)46-38/h15-16,21-26,28-33,46-47H,27H2,1-14H3. The molecule has 0 saturated carbocycles. The van der Waals surface area contributed by atoms with Crippen LogP contribution in [0.4, 0.5) is 0 Å². The van der Waals surface area contributed by atoms with E-state index in [9.17, 15) is 0 Å². The van der Waals surface area contributed by atoms with Crippen LogP contribution in [0, 0.1) is 22.9 Å². The van der Waals surface area contributed by atoms with Gasteiger partial charge in [0, 0.05) is 45.4 Å². The molecule has 8 bridgehead atoms. The molecule has 0 aromatic carbocycles. The van der Waals surface area contributed by atoms with Crippen molar-refractivity contribution in [3.63, 3.8) is 0 Å². The predicted octanol–water partition coefficient (Wildman–Crippen LogP) is 12.1. The Balaban J connectivity index is 1.79. The van der Waals surface area contributed by atoms with Crippen LogP contribution in [0.15, 0.2) is 36.4 Å². The van der Waals surface area contributed by atoms with Crippen molar-refractivity contribution >= 4 is 50.4 Å². The number of H-pyrrole nitrogens is 2. The first kappa shape index (κ1) is 37.7. The van der Waals surface area contributed by atoms with E-state index in [1.54, 1.807) is 0 Å². The highest BCUT2D eigenvalue weighted by atomic mass is 28.3. The van der Waals surface area contributed by atoms with Crippen LogP contribution in [0.1, 0.15) is 131 Å². The Kier molecular flexibility index (Phi) is 10.7. The lowest BCUT2D eigenvalue weighted by atomic mass is 9.87. The molecule has 5 heterocycles. The fourth-order valence-corrected chi connectivity index (χ4v) is 19.6. The van der Waals surface area contributed by atoms with Gasteiger partial charge in [0.15, 0.2) is 0 Å². The molecule has 0 saturated heterocycles. The second-order valence-electron chi connectivity index (χ2n) is 17.3. The fraction of sp³-hybridized carbons (Fsp3) is 0.500. The minimum atomic E-state index is -1.91. The molecule has 50 heavy (non-hydrogen) atoms. The van der Waals surface area contributed by atoms with E-state index in [0.29, 0.717) is 33.2 Å². The van der Waals surface area contributed by atoms with Gasteiger partial charge in [-0.1, -0.05) is 109 Å². The van der Waals surface area contributed by atoms with E-state index in [1.165, 1.54) is 0 Å². The maximum absolute atomic E-state index is 5.25. The Bertz CT molecular complexity index is 2020. The first-order chi connectivity index (χ1) is 23.4. The summed E-state index contributed by atoms with van der Waals surface area (Å²) in [5.74, 6) is 7.45. The zero-order valence-corrected chi connectivity index (χ0v) is 35.2. The smallest absolute Gasteiger partial charge is 0.146 e. The van der Waals surface area contributed by atoms with Gasteiger partial charge in [-0.25, -0.2) is 4.98 Å². The Morgan fingerprint density at radius 3 is 1.44 bits per heavy atom. The summed E-state index contributed by atoms with van der Waals surface area (Å²) in [6.45, 7) is 33.0. The van der Waals surface area contributed by atoms with Crippen LogP contribution in [-0.4, -0.2) is 36.1 Å². The van der Waals surface area contributed by atoms with Gasteiger partial charge in [0.2, 0.25) is 0 Å². The first-order valence-corrected chi connectivity index (χ1v) is 23.4. The van der Waals surface area contributed by atoms with E-state index in [1.807, 2.05) is 0 Å². The minimum Gasteiger partial charge on any atom is -0.354 e.